The van der Waals surface area contributed by atoms with Crippen LogP contribution >= 0.6 is 0 Å². The number of hydrogen-bond acceptors (Lipinski definition) is 2. The predicted octanol–water partition coefficient (Wildman–Crippen LogP) is 3.45. The Morgan fingerprint density at radius 1 is 1.00 bits per heavy atom. The highest BCUT2D eigenvalue weighted by atomic mass is 16.5. The second-order valence-electron chi connectivity index (χ2n) is 7.01. The first-order valence-electron chi connectivity index (χ1n) is 8.04. The van der Waals surface area contributed by atoms with Crippen LogP contribution in [0.3, 0.4) is 0 Å². The van der Waals surface area contributed by atoms with Gasteiger partial charge in [0.1, 0.15) is 0 Å². The van der Waals surface area contributed by atoms with Crippen LogP contribution in [0.1, 0.15) is 58.3 Å². The Labute approximate surface area is 112 Å². The average Bonchev–Trinajstić information content (AvgIpc) is 2.70. The summed E-state index contributed by atoms with van der Waals surface area (Å²) in [5, 5.41) is 0. The summed E-state index contributed by atoms with van der Waals surface area (Å²) < 4.78 is 5.45. The number of rotatable bonds is 3. The Morgan fingerprint density at radius 2 is 1.72 bits per heavy atom. The molecule has 2 saturated carbocycles. The Balaban J connectivity index is 1.68. The highest BCUT2D eigenvalue weighted by molar-refractivity contribution is 4.95. The summed E-state index contributed by atoms with van der Waals surface area (Å²) in [5.41, 5.74) is 0. The van der Waals surface area contributed by atoms with Gasteiger partial charge in [0.2, 0.25) is 0 Å². The minimum atomic E-state index is 0.703. The zero-order chi connectivity index (χ0) is 12.5. The van der Waals surface area contributed by atoms with Gasteiger partial charge in [0.25, 0.3) is 0 Å². The summed E-state index contributed by atoms with van der Waals surface area (Å²) in [5.74, 6) is 2.08. The molecule has 0 amide bonds. The van der Waals surface area contributed by atoms with Gasteiger partial charge in [-0.05, 0) is 50.9 Å². The number of likely N-dealkylation sites (tertiary alicyclic amines) is 1. The van der Waals surface area contributed by atoms with E-state index in [0.29, 0.717) is 6.04 Å². The van der Waals surface area contributed by atoms with Gasteiger partial charge in [0, 0.05) is 25.2 Å². The third-order valence-electron chi connectivity index (χ3n) is 5.73. The molecule has 2 heteroatoms. The Kier molecular flexibility index (Phi) is 3.95. The van der Waals surface area contributed by atoms with Crippen molar-refractivity contribution in [2.75, 3.05) is 13.7 Å². The fourth-order valence-electron chi connectivity index (χ4n) is 5.05. The number of ether oxygens (including phenoxy) is 1. The van der Waals surface area contributed by atoms with Gasteiger partial charge in [-0.15, -0.1) is 0 Å². The lowest BCUT2D eigenvalue weighted by atomic mass is 9.70. The molecule has 3 fully saturated rings. The fraction of sp³-hybridized carbons (Fsp3) is 1.00. The van der Waals surface area contributed by atoms with Crippen LogP contribution < -0.4 is 0 Å². The van der Waals surface area contributed by atoms with Crippen LogP contribution in [0, 0.1) is 11.8 Å². The summed E-state index contributed by atoms with van der Waals surface area (Å²) in [7, 11) is 1.86. The average molecular weight is 251 g/mol. The Morgan fingerprint density at radius 3 is 2.39 bits per heavy atom. The van der Waals surface area contributed by atoms with Crippen molar-refractivity contribution in [2.45, 2.75) is 76.4 Å². The first-order valence-corrected chi connectivity index (χ1v) is 8.04. The third kappa shape index (κ3) is 2.46. The van der Waals surface area contributed by atoms with Crippen molar-refractivity contribution < 1.29 is 4.74 Å². The maximum absolute atomic E-state index is 5.45. The molecule has 1 aliphatic heterocycles. The number of methoxy groups -OCH3 is 1. The fourth-order valence-corrected chi connectivity index (χ4v) is 5.05. The topological polar surface area (TPSA) is 12.5 Å². The number of hydrogen-bond donors (Lipinski definition) is 0. The zero-order valence-electron chi connectivity index (χ0n) is 12.1. The minimum absolute atomic E-state index is 0.703. The van der Waals surface area contributed by atoms with Gasteiger partial charge >= 0.3 is 0 Å². The van der Waals surface area contributed by atoms with E-state index in [1.54, 1.807) is 0 Å². The minimum Gasteiger partial charge on any atom is -0.383 e. The molecular weight excluding hydrogens is 222 g/mol. The lowest BCUT2D eigenvalue weighted by molar-refractivity contribution is 0.0187. The summed E-state index contributed by atoms with van der Waals surface area (Å²) in [6, 6.07) is 2.36. The second-order valence-corrected chi connectivity index (χ2v) is 7.01. The highest BCUT2D eigenvalue weighted by Crippen LogP contribution is 2.43. The highest BCUT2D eigenvalue weighted by Gasteiger charge is 2.40. The molecule has 0 N–H and O–H groups in total. The SMILES string of the molecule is COCC1CCC(C)N1C1CC2CCCC(C2)C1. The van der Waals surface area contributed by atoms with E-state index in [9.17, 15) is 0 Å². The molecule has 0 aromatic heterocycles. The van der Waals surface area contributed by atoms with Gasteiger partial charge in [0.05, 0.1) is 6.61 Å². The number of nitrogens with zero attached hydrogens (tertiary/aromatic N) is 1. The van der Waals surface area contributed by atoms with E-state index in [1.807, 2.05) is 7.11 Å². The van der Waals surface area contributed by atoms with Crippen molar-refractivity contribution in [3.8, 4) is 0 Å². The van der Waals surface area contributed by atoms with Crippen LogP contribution in [0.5, 0.6) is 0 Å². The smallest absolute Gasteiger partial charge is 0.0618 e. The van der Waals surface area contributed by atoms with Crippen molar-refractivity contribution >= 4 is 0 Å². The third-order valence-corrected chi connectivity index (χ3v) is 5.73. The van der Waals surface area contributed by atoms with Crippen LogP contribution in [0.2, 0.25) is 0 Å². The molecule has 1 heterocycles. The summed E-state index contributed by atoms with van der Waals surface area (Å²) in [6.45, 7) is 3.37. The van der Waals surface area contributed by atoms with Crippen LogP contribution in [0.4, 0.5) is 0 Å². The molecule has 1 saturated heterocycles. The largest absolute Gasteiger partial charge is 0.383 e. The predicted molar refractivity (Wildman–Crippen MR) is 74.7 cm³/mol. The lowest BCUT2D eigenvalue weighted by Crippen LogP contribution is -2.49. The van der Waals surface area contributed by atoms with Crippen molar-refractivity contribution in [3.05, 3.63) is 0 Å². The first kappa shape index (κ1) is 12.9. The maximum atomic E-state index is 5.45. The van der Waals surface area contributed by atoms with Crippen molar-refractivity contribution in [2.24, 2.45) is 11.8 Å². The second kappa shape index (κ2) is 5.50. The van der Waals surface area contributed by atoms with Crippen molar-refractivity contribution in [1.82, 2.24) is 4.90 Å². The van der Waals surface area contributed by atoms with E-state index < -0.39 is 0 Å². The van der Waals surface area contributed by atoms with Crippen LogP contribution in [0.15, 0.2) is 0 Å². The Bertz CT molecular complexity index is 266. The molecule has 2 aliphatic carbocycles. The van der Waals surface area contributed by atoms with Gasteiger partial charge < -0.3 is 4.74 Å². The van der Waals surface area contributed by atoms with E-state index in [0.717, 1.165) is 30.5 Å². The molecule has 2 nitrogen and oxygen atoms in total. The zero-order valence-corrected chi connectivity index (χ0v) is 12.1. The number of fused-ring (bicyclic) bond motifs is 2. The summed E-state index contributed by atoms with van der Waals surface area (Å²) in [6.07, 6.45) is 11.7. The van der Waals surface area contributed by atoms with Crippen LogP contribution in [0.25, 0.3) is 0 Å². The van der Waals surface area contributed by atoms with Crippen molar-refractivity contribution in [3.63, 3.8) is 0 Å². The Hall–Kier alpha value is -0.0800. The molecule has 2 bridgehead atoms. The summed E-state index contributed by atoms with van der Waals surface area (Å²) >= 11 is 0. The van der Waals surface area contributed by atoms with Gasteiger partial charge in [-0.2, -0.15) is 0 Å². The van der Waals surface area contributed by atoms with Gasteiger partial charge in [-0.3, -0.25) is 4.90 Å². The van der Waals surface area contributed by atoms with Crippen molar-refractivity contribution in [1.29, 1.82) is 0 Å². The molecule has 104 valence electrons. The van der Waals surface area contributed by atoms with E-state index in [1.165, 1.54) is 51.4 Å². The molecule has 0 spiro atoms. The maximum Gasteiger partial charge on any atom is 0.0618 e. The molecule has 0 radical (unpaired) electrons. The summed E-state index contributed by atoms with van der Waals surface area (Å²) in [4.78, 5) is 2.84. The van der Waals surface area contributed by atoms with E-state index in [-0.39, 0.29) is 0 Å². The normalized spacial score (nSPS) is 45.3. The van der Waals surface area contributed by atoms with Crippen LogP contribution in [-0.2, 0) is 4.74 Å². The van der Waals surface area contributed by atoms with E-state index in [4.69, 9.17) is 4.74 Å². The standard InChI is InChI=1S/C16H29NO/c1-12-6-7-15(11-18-2)17(12)16-9-13-4-3-5-14(8-13)10-16/h12-16H,3-11H2,1-2H3. The molecule has 4 unspecified atom stereocenters. The van der Waals surface area contributed by atoms with E-state index >= 15 is 0 Å². The molecule has 0 aromatic carbocycles. The molecule has 3 rings (SSSR count). The molecule has 18 heavy (non-hydrogen) atoms. The molecule has 3 aliphatic rings. The van der Waals surface area contributed by atoms with Gasteiger partial charge in [-0.25, -0.2) is 0 Å². The molecule has 0 aromatic rings. The monoisotopic (exact) mass is 251 g/mol. The van der Waals surface area contributed by atoms with Crippen LogP contribution in [-0.4, -0.2) is 36.7 Å². The van der Waals surface area contributed by atoms with Gasteiger partial charge in [0.15, 0.2) is 0 Å². The lowest BCUT2D eigenvalue weighted by Gasteiger charge is -2.45. The molecule has 4 atom stereocenters. The quantitative estimate of drug-likeness (QED) is 0.761. The first-order chi connectivity index (χ1) is 8.78. The molecular formula is C16H29NO. The van der Waals surface area contributed by atoms with E-state index in [2.05, 4.69) is 11.8 Å². The van der Waals surface area contributed by atoms with Gasteiger partial charge in [-0.1, -0.05) is 19.3 Å².